The van der Waals surface area contributed by atoms with E-state index in [2.05, 4.69) is 179 Å². The van der Waals surface area contributed by atoms with Crippen molar-refractivity contribution < 1.29 is 4.42 Å². The molecule has 6 nitrogen and oxygen atoms in total. The van der Waals surface area contributed by atoms with Crippen molar-refractivity contribution in [1.82, 2.24) is 24.1 Å². The van der Waals surface area contributed by atoms with Crippen LogP contribution >= 0.6 is 0 Å². The van der Waals surface area contributed by atoms with Crippen LogP contribution in [0.3, 0.4) is 0 Å². The number of hydrogen-bond donors (Lipinski definition) is 0. The second kappa shape index (κ2) is 14.0. The smallest absolute Gasteiger partial charge is 0.238 e. The van der Waals surface area contributed by atoms with Gasteiger partial charge in [0.1, 0.15) is 11.2 Å². The molecule has 0 aliphatic carbocycles. The summed E-state index contributed by atoms with van der Waals surface area (Å²) >= 11 is 0. The van der Waals surface area contributed by atoms with Crippen molar-refractivity contribution in [3.63, 3.8) is 0 Å². The predicted molar refractivity (Wildman–Crippen MR) is 258 cm³/mol. The maximum absolute atomic E-state index is 6.58. The van der Waals surface area contributed by atoms with Crippen LogP contribution in [0.25, 0.3) is 122 Å². The summed E-state index contributed by atoms with van der Waals surface area (Å²) < 4.78 is 11.3. The third-order valence-electron chi connectivity index (χ3n) is 12.4. The van der Waals surface area contributed by atoms with Crippen molar-refractivity contribution in [2.45, 2.75) is 0 Å². The fraction of sp³-hybridized carbons (Fsp3) is 0. The molecule has 0 N–H and O–H groups in total. The summed E-state index contributed by atoms with van der Waals surface area (Å²) in [6.45, 7) is 0. The van der Waals surface area contributed by atoms with Crippen LogP contribution in [-0.2, 0) is 0 Å². The van der Waals surface area contributed by atoms with Crippen LogP contribution in [0, 0.1) is 0 Å². The fourth-order valence-electron chi connectivity index (χ4n) is 9.57. The molecule has 0 radical (unpaired) electrons. The molecule has 0 saturated heterocycles. The first-order valence-corrected chi connectivity index (χ1v) is 21.2. The molecular weight excluding hydrogens is 771 g/mol. The highest BCUT2D eigenvalue weighted by atomic mass is 16.3. The lowest BCUT2D eigenvalue weighted by atomic mass is 9.99. The van der Waals surface area contributed by atoms with Gasteiger partial charge in [0.15, 0.2) is 11.6 Å². The average Bonchev–Trinajstić information content (AvgIpc) is 4.02. The predicted octanol–water partition coefficient (Wildman–Crippen LogP) is 14.6. The minimum Gasteiger partial charge on any atom is -0.455 e. The van der Waals surface area contributed by atoms with Gasteiger partial charge in [0.2, 0.25) is 5.95 Å². The molecule has 0 fully saturated rings. The topological polar surface area (TPSA) is 61.7 Å². The van der Waals surface area contributed by atoms with Crippen molar-refractivity contribution in [3.05, 3.63) is 212 Å². The molecule has 0 bridgehead atoms. The quantitative estimate of drug-likeness (QED) is 0.168. The Balaban J connectivity index is 1.12. The zero-order valence-corrected chi connectivity index (χ0v) is 33.9. The molecule has 0 atom stereocenters. The Bertz CT molecular complexity index is 3900. The van der Waals surface area contributed by atoms with Gasteiger partial charge in [-0.3, -0.25) is 4.57 Å². The molecule has 63 heavy (non-hydrogen) atoms. The molecule has 0 amide bonds. The van der Waals surface area contributed by atoms with Crippen molar-refractivity contribution in [3.8, 4) is 56.7 Å². The van der Waals surface area contributed by atoms with Crippen molar-refractivity contribution in [2.24, 2.45) is 0 Å². The average molecular weight is 806 g/mol. The Hall–Kier alpha value is -8.61. The second-order valence-electron chi connectivity index (χ2n) is 16.0. The number of fused-ring (bicyclic) bond motifs is 10. The Morgan fingerprint density at radius 1 is 0.317 bits per heavy atom. The molecular formula is C57H35N5O. The van der Waals surface area contributed by atoms with Gasteiger partial charge in [0.25, 0.3) is 0 Å². The minimum absolute atomic E-state index is 0.521. The Morgan fingerprint density at radius 2 is 0.841 bits per heavy atom. The van der Waals surface area contributed by atoms with Gasteiger partial charge in [-0.1, -0.05) is 182 Å². The molecule has 13 aromatic rings. The van der Waals surface area contributed by atoms with Crippen LogP contribution in [0.5, 0.6) is 0 Å². The standard InChI is InChI=1S/C57H35N5O/c1-3-16-36(17-4-1)37-30-32-38(33-31-37)40-20-7-11-26-48(40)61-49-27-12-8-21-41(49)44-34-35-45-42-22-9-13-28-50(42)62(53(45)52(44)61)57-59-55(39-18-5-2-6-19-39)58-56(60-57)47-25-15-24-46-43-23-10-14-29-51(43)63-54(46)47/h1-35H. The van der Waals surface area contributed by atoms with Gasteiger partial charge in [-0.25, -0.2) is 4.98 Å². The normalized spacial score (nSPS) is 11.8. The third-order valence-corrected chi connectivity index (χ3v) is 12.4. The van der Waals surface area contributed by atoms with Gasteiger partial charge in [0, 0.05) is 43.4 Å². The molecule has 0 spiro atoms. The van der Waals surface area contributed by atoms with Crippen molar-refractivity contribution in [2.75, 3.05) is 0 Å². The van der Waals surface area contributed by atoms with E-state index in [4.69, 9.17) is 19.4 Å². The van der Waals surface area contributed by atoms with E-state index in [-0.39, 0.29) is 0 Å². The molecule has 13 rings (SSSR count). The summed E-state index contributed by atoms with van der Waals surface area (Å²) in [5.41, 5.74) is 13.2. The largest absolute Gasteiger partial charge is 0.455 e. The van der Waals surface area contributed by atoms with Gasteiger partial charge < -0.3 is 8.98 Å². The summed E-state index contributed by atoms with van der Waals surface area (Å²) in [6.07, 6.45) is 0. The lowest BCUT2D eigenvalue weighted by Gasteiger charge is -2.16. The number of para-hydroxylation sites is 5. The number of furan rings is 1. The minimum atomic E-state index is 0.521. The van der Waals surface area contributed by atoms with Gasteiger partial charge in [-0.2, -0.15) is 9.97 Å². The molecule has 0 aliphatic heterocycles. The number of rotatable bonds is 6. The van der Waals surface area contributed by atoms with E-state index in [1.165, 1.54) is 16.5 Å². The highest BCUT2D eigenvalue weighted by Gasteiger charge is 2.25. The van der Waals surface area contributed by atoms with E-state index >= 15 is 0 Å². The van der Waals surface area contributed by atoms with E-state index in [1.807, 2.05) is 42.5 Å². The van der Waals surface area contributed by atoms with Gasteiger partial charge in [-0.05, 0) is 47.0 Å². The summed E-state index contributed by atoms with van der Waals surface area (Å²) in [5.74, 6) is 1.63. The van der Waals surface area contributed by atoms with Crippen LogP contribution in [0.2, 0.25) is 0 Å². The van der Waals surface area contributed by atoms with Gasteiger partial charge in [0.05, 0.1) is 33.3 Å². The molecule has 6 heteroatoms. The SMILES string of the molecule is c1ccc(-c2ccc(-c3ccccc3-n3c4ccccc4c4ccc5c6ccccc6n(-c6nc(-c7ccccc7)nc(-c7cccc8c7oc7ccccc78)n6)c5c43)cc2)cc1. The van der Waals surface area contributed by atoms with Gasteiger partial charge in [-0.15, -0.1) is 0 Å². The monoisotopic (exact) mass is 805 g/mol. The lowest BCUT2D eigenvalue weighted by Crippen LogP contribution is -2.07. The Morgan fingerprint density at radius 3 is 1.59 bits per heavy atom. The zero-order chi connectivity index (χ0) is 41.4. The zero-order valence-electron chi connectivity index (χ0n) is 33.9. The van der Waals surface area contributed by atoms with Crippen LogP contribution < -0.4 is 0 Å². The van der Waals surface area contributed by atoms with Crippen LogP contribution in [-0.4, -0.2) is 24.1 Å². The van der Waals surface area contributed by atoms with E-state index in [0.717, 1.165) is 88.1 Å². The summed E-state index contributed by atoms with van der Waals surface area (Å²) in [4.78, 5) is 16.0. The van der Waals surface area contributed by atoms with Crippen molar-refractivity contribution >= 4 is 65.6 Å². The third kappa shape index (κ3) is 5.48. The molecule has 9 aromatic carbocycles. The maximum Gasteiger partial charge on any atom is 0.238 e. The maximum atomic E-state index is 6.58. The molecule has 0 saturated carbocycles. The molecule has 294 valence electrons. The van der Waals surface area contributed by atoms with Crippen LogP contribution in [0.1, 0.15) is 0 Å². The van der Waals surface area contributed by atoms with Crippen LogP contribution in [0.15, 0.2) is 217 Å². The van der Waals surface area contributed by atoms with Gasteiger partial charge >= 0.3 is 0 Å². The molecule has 4 heterocycles. The first-order valence-electron chi connectivity index (χ1n) is 21.2. The number of hydrogen-bond acceptors (Lipinski definition) is 4. The molecule has 0 unspecified atom stereocenters. The van der Waals surface area contributed by atoms with E-state index < -0.39 is 0 Å². The number of benzene rings is 9. The summed E-state index contributed by atoms with van der Waals surface area (Å²) in [5, 5.41) is 6.59. The first-order chi connectivity index (χ1) is 31.3. The first kappa shape index (κ1) is 35.2. The highest BCUT2D eigenvalue weighted by Crippen LogP contribution is 2.44. The second-order valence-corrected chi connectivity index (χ2v) is 16.0. The number of nitrogens with zero attached hydrogens (tertiary/aromatic N) is 5. The van der Waals surface area contributed by atoms with E-state index in [0.29, 0.717) is 17.6 Å². The molecule has 0 aliphatic rings. The number of aromatic nitrogens is 5. The summed E-state index contributed by atoms with van der Waals surface area (Å²) in [6, 6.07) is 74.5. The Kier molecular flexibility index (Phi) is 7.80. The lowest BCUT2D eigenvalue weighted by molar-refractivity contribution is 0.669. The van der Waals surface area contributed by atoms with Crippen molar-refractivity contribution in [1.29, 1.82) is 0 Å². The molecule has 4 aromatic heterocycles. The van der Waals surface area contributed by atoms with E-state index in [9.17, 15) is 0 Å². The fourth-order valence-corrected chi connectivity index (χ4v) is 9.57. The Labute approximate surface area is 361 Å². The van der Waals surface area contributed by atoms with E-state index in [1.54, 1.807) is 0 Å². The highest BCUT2D eigenvalue weighted by molar-refractivity contribution is 6.24. The van der Waals surface area contributed by atoms with Crippen LogP contribution in [0.4, 0.5) is 0 Å². The summed E-state index contributed by atoms with van der Waals surface area (Å²) in [7, 11) is 0.